The molecule has 1 atom stereocenters. The Hall–Kier alpha value is -3.06. The van der Waals surface area contributed by atoms with E-state index in [1.165, 1.54) is 0 Å². The first-order valence-corrected chi connectivity index (χ1v) is 12.2. The lowest BCUT2D eigenvalue weighted by atomic mass is 9.87. The van der Waals surface area contributed by atoms with E-state index in [4.69, 9.17) is 4.74 Å². The Balaban J connectivity index is 1.78. The normalized spacial score (nSPS) is 19.9. The average Bonchev–Trinajstić information content (AvgIpc) is 3.47. The molecule has 1 saturated heterocycles. The molecule has 2 aliphatic heterocycles. The zero-order valence-corrected chi connectivity index (χ0v) is 19.9. The maximum Gasteiger partial charge on any atom is 0.299 e. The number of hydrogen-bond donors (Lipinski definition) is 1. The van der Waals surface area contributed by atoms with E-state index in [9.17, 15) is 14.7 Å². The van der Waals surface area contributed by atoms with Gasteiger partial charge in [0, 0.05) is 29.1 Å². The summed E-state index contributed by atoms with van der Waals surface area (Å²) < 4.78 is 5.19. The minimum atomic E-state index is -0.653. The van der Waals surface area contributed by atoms with Gasteiger partial charge in [0.2, 0.25) is 0 Å². The molecule has 7 heteroatoms. The summed E-state index contributed by atoms with van der Waals surface area (Å²) in [5, 5.41) is 12.2. The number of aliphatic hydroxyl groups excluding tert-OH is 1. The molecule has 1 fully saturated rings. The number of ketones is 1. The molecule has 0 aromatic heterocycles. The number of methoxy groups -OCH3 is 1. The predicted molar refractivity (Wildman–Crippen MR) is 133 cm³/mol. The first kappa shape index (κ1) is 23.1. The third kappa shape index (κ3) is 4.29. The van der Waals surface area contributed by atoms with Gasteiger partial charge < -0.3 is 9.84 Å². The van der Waals surface area contributed by atoms with E-state index in [2.05, 4.69) is 4.99 Å². The summed E-state index contributed by atoms with van der Waals surface area (Å²) in [4.78, 5) is 32.5. The van der Waals surface area contributed by atoms with Gasteiger partial charge in [-0.2, -0.15) is 0 Å². The highest BCUT2D eigenvalue weighted by Crippen LogP contribution is 2.39. The molecule has 0 aliphatic carbocycles. The zero-order chi connectivity index (χ0) is 23.5. The Morgan fingerprint density at radius 2 is 1.79 bits per heavy atom. The fraction of sp³-hybridized carbons (Fsp3) is 0.346. The lowest BCUT2D eigenvalue weighted by Crippen LogP contribution is -2.39. The second kappa shape index (κ2) is 9.83. The molecule has 0 spiro atoms. The van der Waals surface area contributed by atoms with E-state index in [-0.39, 0.29) is 17.3 Å². The Kier molecular flexibility index (Phi) is 6.88. The first-order chi connectivity index (χ1) is 16.0. The summed E-state index contributed by atoms with van der Waals surface area (Å²) >= 11 is 1.72. The Morgan fingerprint density at radius 1 is 1.12 bits per heavy atom. The third-order valence-corrected chi connectivity index (χ3v) is 7.35. The summed E-state index contributed by atoms with van der Waals surface area (Å²) in [6.07, 6.45) is 1.53. The van der Waals surface area contributed by atoms with Crippen LogP contribution in [0.25, 0.3) is 5.76 Å². The lowest BCUT2D eigenvalue weighted by molar-refractivity contribution is -0.132. The molecular formula is C26H28N2O4S. The molecule has 2 aromatic carbocycles. The molecule has 0 saturated carbocycles. The lowest BCUT2D eigenvalue weighted by Gasteiger charge is -2.31. The van der Waals surface area contributed by atoms with Crippen molar-refractivity contribution >= 4 is 39.9 Å². The quantitative estimate of drug-likeness (QED) is 0.359. The molecule has 2 heterocycles. The third-order valence-electron chi connectivity index (χ3n) is 6.32. The van der Waals surface area contributed by atoms with E-state index < -0.39 is 17.7 Å². The van der Waals surface area contributed by atoms with Gasteiger partial charge in [0.15, 0.2) is 0 Å². The topological polar surface area (TPSA) is 79.2 Å². The van der Waals surface area contributed by atoms with Crippen molar-refractivity contribution in [2.75, 3.05) is 24.3 Å². The maximum absolute atomic E-state index is 13.2. The minimum absolute atomic E-state index is 0.0187. The van der Waals surface area contributed by atoms with Crippen LogP contribution in [0.3, 0.4) is 0 Å². The van der Waals surface area contributed by atoms with E-state index in [1.807, 2.05) is 38.1 Å². The van der Waals surface area contributed by atoms with Crippen LogP contribution in [-0.4, -0.2) is 47.3 Å². The van der Waals surface area contributed by atoms with Crippen molar-refractivity contribution < 1.29 is 19.4 Å². The molecule has 0 radical (unpaired) electrons. The number of hydrogen-bond acceptors (Lipinski definition) is 6. The molecule has 0 bridgehead atoms. The van der Waals surface area contributed by atoms with Gasteiger partial charge >= 0.3 is 0 Å². The van der Waals surface area contributed by atoms with Crippen LogP contribution in [0.2, 0.25) is 0 Å². The van der Waals surface area contributed by atoms with Crippen LogP contribution in [0.1, 0.15) is 37.8 Å². The van der Waals surface area contributed by atoms with Gasteiger partial charge in [0.05, 0.1) is 23.8 Å². The fourth-order valence-electron chi connectivity index (χ4n) is 4.50. The molecule has 1 unspecified atom stereocenters. The number of aliphatic imine (C=N–C) groups is 1. The van der Waals surface area contributed by atoms with Crippen molar-refractivity contribution in [3.63, 3.8) is 0 Å². The molecule has 6 nitrogen and oxygen atoms in total. The van der Waals surface area contributed by atoms with Gasteiger partial charge in [-0.1, -0.05) is 38.8 Å². The number of rotatable bonds is 7. The zero-order valence-electron chi connectivity index (χ0n) is 19.1. The molecule has 1 N–H and O–H groups in total. The van der Waals surface area contributed by atoms with Crippen molar-refractivity contribution in [3.8, 4) is 5.75 Å². The number of ether oxygens (including phenoxy) is 1. The van der Waals surface area contributed by atoms with Crippen molar-refractivity contribution in [2.45, 2.75) is 32.7 Å². The maximum atomic E-state index is 13.2. The summed E-state index contributed by atoms with van der Waals surface area (Å²) in [6, 6.07) is 13.9. The number of Topliss-reactive ketones (excluding diaryl/α,β-unsaturated/α-hetero) is 1. The highest BCUT2D eigenvalue weighted by molar-refractivity contribution is 8.14. The molecule has 2 aromatic rings. The number of nitrogens with zero attached hydrogens (tertiary/aromatic N) is 2. The smallest absolute Gasteiger partial charge is 0.299 e. The number of carbonyl (C=O) groups is 2. The molecular weight excluding hydrogens is 436 g/mol. The highest BCUT2D eigenvalue weighted by Gasteiger charge is 2.48. The van der Waals surface area contributed by atoms with Crippen LogP contribution in [0.4, 0.5) is 5.69 Å². The van der Waals surface area contributed by atoms with Gasteiger partial charge in [-0.15, -0.1) is 11.8 Å². The van der Waals surface area contributed by atoms with Gasteiger partial charge in [0.1, 0.15) is 11.5 Å². The summed E-state index contributed by atoms with van der Waals surface area (Å²) in [5.41, 5.74) is 2.31. The van der Waals surface area contributed by atoms with Crippen molar-refractivity contribution in [1.82, 2.24) is 0 Å². The van der Waals surface area contributed by atoms with E-state index in [0.29, 0.717) is 17.0 Å². The van der Waals surface area contributed by atoms with E-state index >= 15 is 0 Å². The SMILES string of the molecule is CCC(CC)C1/C(=C(/O)c2ccc(OC)cc2)C(=O)C(=O)N1c1ccc(C2=NCCS2)cc1. The Labute approximate surface area is 198 Å². The average molecular weight is 465 g/mol. The van der Waals surface area contributed by atoms with Gasteiger partial charge in [-0.25, -0.2) is 0 Å². The summed E-state index contributed by atoms with van der Waals surface area (Å²) in [5.74, 6) is 0.233. The number of thioether (sulfide) groups is 1. The van der Waals surface area contributed by atoms with Crippen LogP contribution >= 0.6 is 11.8 Å². The van der Waals surface area contributed by atoms with Crippen molar-refractivity contribution in [1.29, 1.82) is 0 Å². The van der Waals surface area contributed by atoms with E-state index in [1.54, 1.807) is 48.0 Å². The van der Waals surface area contributed by atoms with Crippen LogP contribution in [0.5, 0.6) is 5.75 Å². The fourth-order valence-corrected chi connectivity index (χ4v) is 5.36. The molecule has 1 amide bonds. The van der Waals surface area contributed by atoms with Crippen molar-refractivity contribution in [2.24, 2.45) is 10.9 Å². The van der Waals surface area contributed by atoms with Crippen LogP contribution < -0.4 is 9.64 Å². The Bertz CT molecular complexity index is 1100. The second-order valence-corrected chi connectivity index (χ2v) is 9.18. The highest BCUT2D eigenvalue weighted by atomic mass is 32.2. The molecule has 172 valence electrons. The van der Waals surface area contributed by atoms with Crippen molar-refractivity contribution in [3.05, 3.63) is 65.2 Å². The number of carbonyl (C=O) groups excluding carboxylic acids is 2. The van der Waals surface area contributed by atoms with E-state index in [0.717, 1.165) is 35.7 Å². The summed E-state index contributed by atoms with van der Waals surface area (Å²) in [6.45, 7) is 4.90. The number of amides is 1. The number of anilines is 1. The minimum Gasteiger partial charge on any atom is -0.507 e. The van der Waals surface area contributed by atoms with Crippen LogP contribution in [0, 0.1) is 5.92 Å². The molecule has 4 rings (SSSR count). The van der Waals surface area contributed by atoms with Gasteiger partial charge in [0.25, 0.3) is 11.7 Å². The standard InChI is InChI=1S/C26H28N2O4S/c1-4-16(5-2)22-21(23(29)17-8-12-20(32-3)13-9-17)24(30)26(31)28(22)19-10-6-18(7-11-19)25-27-14-15-33-25/h6-13,16,22,29H,4-5,14-15H2,1-3H3/b23-21-. The van der Waals surface area contributed by atoms with Gasteiger partial charge in [-0.3, -0.25) is 19.5 Å². The predicted octanol–water partition coefficient (Wildman–Crippen LogP) is 4.88. The van der Waals surface area contributed by atoms with Crippen LogP contribution in [-0.2, 0) is 9.59 Å². The number of aliphatic hydroxyl groups is 1. The Morgan fingerprint density at radius 3 is 2.33 bits per heavy atom. The summed E-state index contributed by atoms with van der Waals surface area (Å²) in [7, 11) is 1.57. The van der Waals surface area contributed by atoms with Crippen LogP contribution in [0.15, 0.2) is 59.1 Å². The van der Waals surface area contributed by atoms with Gasteiger partial charge in [-0.05, 0) is 42.3 Å². The molecule has 33 heavy (non-hydrogen) atoms. The number of benzene rings is 2. The molecule has 2 aliphatic rings. The largest absolute Gasteiger partial charge is 0.507 e. The first-order valence-electron chi connectivity index (χ1n) is 11.2. The second-order valence-electron chi connectivity index (χ2n) is 8.10. The monoisotopic (exact) mass is 464 g/mol.